The highest BCUT2D eigenvalue weighted by atomic mass is 16.2. The van der Waals surface area contributed by atoms with Gasteiger partial charge in [-0.15, -0.1) is 0 Å². The van der Waals surface area contributed by atoms with Crippen molar-refractivity contribution in [3.8, 4) is 0 Å². The number of amides is 2. The zero-order chi connectivity index (χ0) is 15.8. The highest BCUT2D eigenvalue weighted by Crippen LogP contribution is 2.11. The number of carbonyl (C=O) groups is 2. The first-order valence-electron chi connectivity index (χ1n) is 7.26. The van der Waals surface area contributed by atoms with E-state index in [1.54, 1.807) is 0 Å². The van der Waals surface area contributed by atoms with Crippen molar-refractivity contribution in [2.45, 2.75) is 33.2 Å². The lowest BCUT2D eigenvalue weighted by Crippen LogP contribution is -2.37. The van der Waals surface area contributed by atoms with Gasteiger partial charge in [-0.25, -0.2) is 0 Å². The molecule has 1 unspecified atom stereocenters. The van der Waals surface area contributed by atoms with Crippen molar-refractivity contribution in [2.75, 3.05) is 13.1 Å². The number of benzene rings is 1. The van der Waals surface area contributed by atoms with E-state index in [4.69, 9.17) is 5.73 Å². The number of nitrogens with one attached hydrogen (secondary N) is 2. The zero-order valence-corrected chi connectivity index (χ0v) is 13.0. The second-order valence-electron chi connectivity index (χ2n) is 5.63. The fraction of sp³-hybridized carbons (Fsp3) is 0.500. The summed E-state index contributed by atoms with van der Waals surface area (Å²) in [5, 5.41) is 5.49. The fourth-order valence-corrected chi connectivity index (χ4v) is 1.74. The van der Waals surface area contributed by atoms with E-state index in [2.05, 4.69) is 10.6 Å². The summed E-state index contributed by atoms with van der Waals surface area (Å²) >= 11 is 0. The molecule has 4 N–H and O–H groups in total. The highest BCUT2D eigenvalue weighted by Gasteiger charge is 2.15. The smallest absolute Gasteiger partial charge is 0.241 e. The molecule has 21 heavy (non-hydrogen) atoms. The summed E-state index contributed by atoms with van der Waals surface area (Å²) in [5.74, 6) is 0.0851. The lowest BCUT2D eigenvalue weighted by atomic mass is 10.1. The maximum atomic E-state index is 11.9. The van der Waals surface area contributed by atoms with Crippen LogP contribution in [0.5, 0.6) is 0 Å². The summed E-state index contributed by atoms with van der Waals surface area (Å²) in [7, 11) is 0. The van der Waals surface area contributed by atoms with Gasteiger partial charge in [0.1, 0.15) is 6.04 Å². The van der Waals surface area contributed by atoms with E-state index in [0.717, 1.165) is 11.1 Å². The van der Waals surface area contributed by atoms with Gasteiger partial charge in [-0.2, -0.15) is 0 Å². The Bertz CT molecular complexity index is 469. The van der Waals surface area contributed by atoms with Crippen LogP contribution in [0.1, 0.15) is 37.4 Å². The minimum Gasteiger partial charge on any atom is -0.356 e. The molecule has 0 bridgehead atoms. The van der Waals surface area contributed by atoms with Crippen molar-refractivity contribution in [3.05, 3.63) is 35.4 Å². The predicted molar refractivity (Wildman–Crippen MR) is 83.6 cm³/mol. The first-order chi connectivity index (χ1) is 9.90. The fourth-order valence-electron chi connectivity index (χ4n) is 1.74. The summed E-state index contributed by atoms with van der Waals surface area (Å²) in [6.45, 7) is 6.98. The van der Waals surface area contributed by atoms with Gasteiger partial charge in [0.05, 0.1) is 0 Å². The normalized spacial score (nSPS) is 12.0. The molecule has 0 saturated heterocycles. The molecular weight excluding hydrogens is 266 g/mol. The number of rotatable bonds is 7. The van der Waals surface area contributed by atoms with Crippen LogP contribution in [0, 0.1) is 12.8 Å². The third kappa shape index (κ3) is 6.40. The maximum absolute atomic E-state index is 11.9. The quantitative estimate of drug-likeness (QED) is 0.707. The molecule has 1 aromatic rings. The van der Waals surface area contributed by atoms with E-state index in [1.165, 1.54) is 0 Å². The molecule has 1 rings (SSSR count). The predicted octanol–water partition coefficient (Wildman–Crippen LogP) is 1.27. The molecule has 1 aromatic carbocycles. The Morgan fingerprint density at radius 3 is 2.33 bits per heavy atom. The van der Waals surface area contributed by atoms with Gasteiger partial charge in [0.2, 0.25) is 11.8 Å². The van der Waals surface area contributed by atoms with Gasteiger partial charge < -0.3 is 16.4 Å². The molecule has 0 radical (unpaired) electrons. The van der Waals surface area contributed by atoms with Crippen LogP contribution in [0.25, 0.3) is 0 Å². The summed E-state index contributed by atoms with van der Waals surface area (Å²) in [5.41, 5.74) is 7.78. The van der Waals surface area contributed by atoms with Crippen molar-refractivity contribution in [1.82, 2.24) is 10.6 Å². The summed E-state index contributed by atoms with van der Waals surface area (Å²) in [4.78, 5) is 23.4. The molecule has 0 fully saturated rings. The van der Waals surface area contributed by atoms with Crippen molar-refractivity contribution >= 4 is 11.8 Å². The standard InChI is InChI=1S/C16H25N3O2/c1-11(2)10-19-14(20)8-9-18-16(21)15(17)13-6-4-12(3)5-7-13/h4-7,11,15H,8-10,17H2,1-3H3,(H,18,21)(H,19,20). The molecule has 0 aromatic heterocycles. The van der Waals surface area contributed by atoms with Crippen LogP contribution >= 0.6 is 0 Å². The first kappa shape index (κ1) is 17.2. The molecule has 5 heteroatoms. The van der Waals surface area contributed by atoms with Gasteiger partial charge in [-0.05, 0) is 18.4 Å². The van der Waals surface area contributed by atoms with Crippen molar-refractivity contribution < 1.29 is 9.59 Å². The lowest BCUT2D eigenvalue weighted by Gasteiger charge is -2.13. The van der Waals surface area contributed by atoms with Crippen LogP contribution in [0.2, 0.25) is 0 Å². The molecular formula is C16H25N3O2. The topological polar surface area (TPSA) is 84.2 Å². The van der Waals surface area contributed by atoms with Gasteiger partial charge in [0.25, 0.3) is 0 Å². The van der Waals surface area contributed by atoms with Gasteiger partial charge in [-0.1, -0.05) is 43.7 Å². The van der Waals surface area contributed by atoms with Crippen molar-refractivity contribution in [1.29, 1.82) is 0 Å². The number of aryl methyl sites for hydroxylation is 1. The third-order valence-electron chi connectivity index (χ3n) is 3.08. The monoisotopic (exact) mass is 291 g/mol. The average Bonchev–Trinajstić information content (AvgIpc) is 2.45. The number of nitrogens with two attached hydrogens (primary N) is 1. The largest absolute Gasteiger partial charge is 0.356 e. The summed E-state index contributed by atoms with van der Waals surface area (Å²) in [6, 6.07) is 6.82. The average molecular weight is 291 g/mol. The SMILES string of the molecule is Cc1ccc(C(N)C(=O)NCCC(=O)NCC(C)C)cc1. The molecule has 0 aliphatic carbocycles. The summed E-state index contributed by atoms with van der Waals surface area (Å²) in [6.07, 6.45) is 0.263. The summed E-state index contributed by atoms with van der Waals surface area (Å²) < 4.78 is 0. The Hall–Kier alpha value is -1.88. The van der Waals surface area contributed by atoms with E-state index >= 15 is 0 Å². The molecule has 5 nitrogen and oxygen atoms in total. The number of carbonyl (C=O) groups excluding carboxylic acids is 2. The van der Waals surface area contributed by atoms with E-state index < -0.39 is 6.04 Å². The van der Waals surface area contributed by atoms with Crippen LogP contribution in [-0.2, 0) is 9.59 Å². The van der Waals surface area contributed by atoms with Gasteiger partial charge in [0.15, 0.2) is 0 Å². The second kappa shape index (κ2) is 8.42. The zero-order valence-electron chi connectivity index (χ0n) is 13.0. The van der Waals surface area contributed by atoms with E-state index in [-0.39, 0.29) is 18.2 Å². The van der Waals surface area contributed by atoms with E-state index in [9.17, 15) is 9.59 Å². The first-order valence-corrected chi connectivity index (χ1v) is 7.26. The van der Waals surface area contributed by atoms with Crippen LogP contribution in [0.15, 0.2) is 24.3 Å². The molecule has 0 aliphatic heterocycles. The van der Waals surface area contributed by atoms with Gasteiger partial charge >= 0.3 is 0 Å². The van der Waals surface area contributed by atoms with Crippen LogP contribution in [0.4, 0.5) is 0 Å². The highest BCUT2D eigenvalue weighted by molar-refractivity contribution is 5.83. The minimum absolute atomic E-state index is 0.0621. The van der Waals surface area contributed by atoms with Crippen molar-refractivity contribution in [2.24, 2.45) is 11.7 Å². The number of hydrogen-bond acceptors (Lipinski definition) is 3. The van der Waals surface area contributed by atoms with Crippen molar-refractivity contribution in [3.63, 3.8) is 0 Å². The third-order valence-corrected chi connectivity index (χ3v) is 3.08. The molecule has 2 amide bonds. The lowest BCUT2D eigenvalue weighted by molar-refractivity contribution is -0.123. The molecule has 1 atom stereocenters. The Balaban J connectivity index is 2.33. The Morgan fingerprint density at radius 1 is 1.14 bits per heavy atom. The molecule has 0 saturated carbocycles. The van der Waals surface area contributed by atoms with E-state index in [1.807, 2.05) is 45.0 Å². The molecule has 0 heterocycles. The van der Waals surface area contributed by atoms with E-state index in [0.29, 0.717) is 19.0 Å². The Kier molecular flexibility index (Phi) is 6.88. The van der Waals surface area contributed by atoms with Gasteiger partial charge in [0, 0.05) is 19.5 Å². The van der Waals surface area contributed by atoms with Crippen LogP contribution in [-0.4, -0.2) is 24.9 Å². The molecule has 116 valence electrons. The maximum Gasteiger partial charge on any atom is 0.241 e. The number of hydrogen-bond donors (Lipinski definition) is 3. The minimum atomic E-state index is -0.704. The van der Waals surface area contributed by atoms with Crippen LogP contribution in [0.3, 0.4) is 0 Å². The van der Waals surface area contributed by atoms with Crippen LogP contribution < -0.4 is 16.4 Å². The van der Waals surface area contributed by atoms with Gasteiger partial charge in [-0.3, -0.25) is 9.59 Å². The molecule has 0 spiro atoms. The molecule has 0 aliphatic rings. The Labute approximate surface area is 126 Å². The Morgan fingerprint density at radius 2 is 1.76 bits per heavy atom. The second-order valence-corrected chi connectivity index (χ2v) is 5.63.